The van der Waals surface area contributed by atoms with Crippen LogP contribution in [0.15, 0.2) is 66.7 Å². The number of hydrogen-bond acceptors (Lipinski definition) is 5. The van der Waals surface area contributed by atoms with Crippen LogP contribution in [0.2, 0.25) is 0 Å². The number of carbonyl (C=O) groups excluding carboxylic acids is 1. The van der Waals surface area contributed by atoms with Gasteiger partial charge in [0.05, 0.1) is 6.10 Å². The third-order valence-corrected chi connectivity index (χ3v) is 5.35. The summed E-state index contributed by atoms with van der Waals surface area (Å²) in [7, 11) is 0. The van der Waals surface area contributed by atoms with Crippen LogP contribution in [0.4, 0.5) is 5.69 Å². The van der Waals surface area contributed by atoms with Crippen molar-refractivity contribution in [3.05, 3.63) is 89.0 Å². The topological polar surface area (TPSA) is 102 Å². The van der Waals surface area contributed by atoms with Crippen molar-refractivity contribution >= 4 is 11.6 Å². The van der Waals surface area contributed by atoms with Gasteiger partial charge in [0, 0.05) is 29.9 Å². The van der Waals surface area contributed by atoms with Crippen LogP contribution in [-0.2, 0) is 12.8 Å². The van der Waals surface area contributed by atoms with Crippen molar-refractivity contribution in [1.82, 2.24) is 5.32 Å². The number of nitrogens with one attached hydrogen (secondary N) is 2. The highest BCUT2D eigenvalue weighted by Crippen LogP contribution is 2.24. The Morgan fingerprint density at radius 1 is 0.969 bits per heavy atom. The number of carbonyl (C=O) groups is 1. The highest BCUT2D eigenvalue weighted by molar-refractivity contribution is 6.04. The van der Waals surface area contributed by atoms with E-state index in [2.05, 4.69) is 17.6 Å². The Bertz CT molecular complexity index is 1050. The molecule has 0 aliphatic carbocycles. The van der Waals surface area contributed by atoms with Gasteiger partial charge in [-0.2, -0.15) is 0 Å². The largest absolute Gasteiger partial charge is 0.508 e. The highest BCUT2D eigenvalue weighted by atomic mass is 16.3. The van der Waals surface area contributed by atoms with Gasteiger partial charge < -0.3 is 26.0 Å². The summed E-state index contributed by atoms with van der Waals surface area (Å²) in [6.45, 7) is 4.31. The zero-order valence-corrected chi connectivity index (χ0v) is 18.4. The Morgan fingerprint density at radius 3 is 2.41 bits per heavy atom. The molecule has 0 aliphatic rings. The molecule has 3 aromatic carbocycles. The van der Waals surface area contributed by atoms with E-state index in [0.717, 1.165) is 23.2 Å². The number of amides is 1. The molecule has 6 heteroatoms. The number of aryl methyl sites for hydroxylation is 1. The number of phenolic OH excluding ortho intramolecular Hbond substituents is 2. The lowest BCUT2D eigenvalue weighted by molar-refractivity contribution is 0.102. The maximum atomic E-state index is 12.7. The molecule has 0 aliphatic heterocycles. The van der Waals surface area contributed by atoms with Gasteiger partial charge in [0.2, 0.25) is 0 Å². The lowest BCUT2D eigenvalue weighted by atomic mass is 10.0. The molecule has 0 heterocycles. The Balaban J connectivity index is 1.58. The molecule has 168 valence electrons. The van der Waals surface area contributed by atoms with E-state index in [9.17, 15) is 20.1 Å². The molecule has 3 rings (SSSR count). The zero-order chi connectivity index (χ0) is 23.1. The van der Waals surface area contributed by atoms with E-state index in [-0.39, 0.29) is 30.0 Å². The van der Waals surface area contributed by atoms with Crippen molar-refractivity contribution in [3.63, 3.8) is 0 Å². The Kier molecular flexibility index (Phi) is 7.87. The van der Waals surface area contributed by atoms with Crippen LogP contribution >= 0.6 is 0 Å². The summed E-state index contributed by atoms with van der Waals surface area (Å²) in [5.41, 5.74) is 3.95. The molecule has 2 atom stereocenters. The van der Waals surface area contributed by atoms with Crippen LogP contribution in [0.1, 0.15) is 47.0 Å². The first-order chi connectivity index (χ1) is 15.4. The maximum absolute atomic E-state index is 12.7. The molecule has 0 aromatic heterocycles. The Labute approximate surface area is 188 Å². The fourth-order valence-corrected chi connectivity index (χ4v) is 3.65. The van der Waals surface area contributed by atoms with Crippen molar-refractivity contribution in [3.8, 4) is 11.5 Å². The van der Waals surface area contributed by atoms with Gasteiger partial charge in [-0.05, 0) is 66.8 Å². The summed E-state index contributed by atoms with van der Waals surface area (Å²) in [6, 6.07) is 19.4. The molecule has 0 radical (unpaired) electrons. The second-order valence-corrected chi connectivity index (χ2v) is 7.98. The third-order valence-electron chi connectivity index (χ3n) is 5.35. The standard InChI is InChI=1S/C26H30N2O4/c1-3-19-8-4-5-10-24(19)28-26(32)20-9-6-7-18(12-20)11-17(2)27-16-25(31)21-13-22(29)15-23(30)14-21/h4-10,12-15,17,25,27,29-31H,3,11,16H2,1-2H3,(H,28,32). The van der Waals surface area contributed by atoms with Gasteiger partial charge in [0.1, 0.15) is 11.5 Å². The van der Waals surface area contributed by atoms with Crippen LogP contribution in [0.5, 0.6) is 11.5 Å². The van der Waals surface area contributed by atoms with Gasteiger partial charge in [-0.3, -0.25) is 4.79 Å². The summed E-state index contributed by atoms with van der Waals surface area (Å²) < 4.78 is 0. The van der Waals surface area contributed by atoms with Crippen molar-refractivity contribution in [2.45, 2.75) is 38.8 Å². The molecule has 0 fully saturated rings. The smallest absolute Gasteiger partial charge is 0.255 e. The normalized spacial score (nSPS) is 12.8. The third kappa shape index (κ3) is 6.33. The number of aliphatic hydroxyl groups excluding tert-OH is 1. The minimum Gasteiger partial charge on any atom is -0.508 e. The number of anilines is 1. The maximum Gasteiger partial charge on any atom is 0.255 e. The Hall–Kier alpha value is -3.35. The van der Waals surface area contributed by atoms with Crippen LogP contribution in [0.3, 0.4) is 0 Å². The first-order valence-electron chi connectivity index (χ1n) is 10.8. The summed E-state index contributed by atoms with van der Waals surface area (Å²) in [6.07, 6.45) is 0.643. The van der Waals surface area contributed by atoms with E-state index < -0.39 is 6.10 Å². The van der Waals surface area contributed by atoms with Crippen LogP contribution in [0.25, 0.3) is 0 Å². The van der Waals surface area contributed by atoms with E-state index in [1.54, 1.807) is 6.07 Å². The van der Waals surface area contributed by atoms with Crippen molar-refractivity contribution in [1.29, 1.82) is 0 Å². The molecule has 0 spiro atoms. The predicted molar refractivity (Wildman–Crippen MR) is 126 cm³/mol. The fourth-order valence-electron chi connectivity index (χ4n) is 3.65. The molecule has 3 aromatic rings. The monoisotopic (exact) mass is 434 g/mol. The van der Waals surface area contributed by atoms with Crippen LogP contribution < -0.4 is 10.6 Å². The lowest BCUT2D eigenvalue weighted by Gasteiger charge is -2.18. The number of rotatable bonds is 9. The molecule has 2 unspecified atom stereocenters. The molecule has 5 N–H and O–H groups in total. The summed E-state index contributed by atoms with van der Waals surface area (Å²) in [5.74, 6) is -0.333. The zero-order valence-electron chi connectivity index (χ0n) is 18.4. The van der Waals surface area contributed by atoms with Gasteiger partial charge in [0.25, 0.3) is 5.91 Å². The molecular formula is C26H30N2O4. The van der Waals surface area contributed by atoms with Gasteiger partial charge in [0.15, 0.2) is 0 Å². The van der Waals surface area contributed by atoms with Crippen molar-refractivity contribution in [2.75, 3.05) is 11.9 Å². The summed E-state index contributed by atoms with van der Waals surface area (Å²) in [4.78, 5) is 12.7. The minimum atomic E-state index is -0.869. The number of phenols is 2. The van der Waals surface area contributed by atoms with E-state index in [1.165, 1.54) is 18.2 Å². The molecule has 1 amide bonds. The lowest BCUT2D eigenvalue weighted by Crippen LogP contribution is -2.32. The van der Waals surface area contributed by atoms with E-state index in [0.29, 0.717) is 17.5 Å². The van der Waals surface area contributed by atoms with Gasteiger partial charge >= 0.3 is 0 Å². The quantitative estimate of drug-likeness (QED) is 0.348. The predicted octanol–water partition coefficient (Wildman–Crippen LogP) is 4.17. The molecule has 6 nitrogen and oxygen atoms in total. The number of para-hydroxylation sites is 1. The SMILES string of the molecule is CCc1ccccc1NC(=O)c1cccc(CC(C)NCC(O)c2cc(O)cc(O)c2)c1. The second-order valence-electron chi connectivity index (χ2n) is 7.98. The first-order valence-corrected chi connectivity index (χ1v) is 10.8. The summed E-state index contributed by atoms with van der Waals surface area (Å²) >= 11 is 0. The molecule has 32 heavy (non-hydrogen) atoms. The Morgan fingerprint density at radius 2 is 1.69 bits per heavy atom. The number of aromatic hydroxyl groups is 2. The number of hydrogen-bond donors (Lipinski definition) is 5. The van der Waals surface area contributed by atoms with Gasteiger partial charge in [-0.1, -0.05) is 37.3 Å². The van der Waals surface area contributed by atoms with Crippen LogP contribution in [0, 0.1) is 0 Å². The minimum absolute atomic E-state index is 0.0367. The highest BCUT2D eigenvalue weighted by Gasteiger charge is 2.13. The number of aliphatic hydroxyl groups is 1. The van der Waals surface area contributed by atoms with E-state index in [4.69, 9.17) is 0 Å². The molecule has 0 saturated carbocycles. The van der Waals surface area contributed by atoms with Crippen molar-refractivity contribution in [2.24, 2.45) is 0 Å². The number of benzene rings is 3. The second kappa shape index (κ2) is 10.8. The van der Waals surface area contributed by atoms with Gasteiger partial charge in [-0.15, -0.1) is 0 Å². The molecule has 0 bridgehead atoms. The molecular weight excluding hydrogens is 404 g/mol. The van der Waals surface area contributed by atoms with E-state index >= 15 is 0 Å². The average Bonchev–Trinajstić information content (AvgIpc) is 2.77. The first kappa shape index (κ1) is 23.3. The van der Waals surface area contributed by atoms with Crippen molar-refractivity contribution < 1.29 is 20.1 Å². The average molecular weight is 435 g/mol. The molecule has 0 saturated heterocycles. The van der Waals surface area contributed by atoms with Gasteiger partial charge in [-0.25, -0.2) is 0 Å². The van der Waals surface area contributed by atoms with E-state index in [1.807, 2.05) is 49.4 Å². The van der Waals surface area contributed by atoms with Crippen LogP contribution in [-0.4, -0.2) is 33.8 Å². The fraction of sp³-hybridized carbons (Fsp3) is 0.269. The summed E-state index contributed by atoms with van der Waals surface area (Å²) in [5, 5.41) is 35.8.